The summed E-state index contributed by atoms with van der Waals surface area (Å²) in [6.07, 6.45) is 72.3. The van der Waals surface area contributed by atoms with Gasteiger partial charge in [0.25, 0.3) is 0 Å². The van der Waals surface area contributed by atoms with Gasteiger partial charge in [-0.1, -0.05) is 253 Å². The number of aliphatic hydroxyl groups excluding tert-OH is 1. The molecule has 552 valence electrons. The molecule has 0 aliphatic carbocycles. The molecule has 0 aliphatic rings. The van der Waals surface area contributed by atoms with Crippen LogP contribution in [0.3, 0.4) is 0 Å². The molecule has 0 aliphatic heterocycles. The second-order valence-corrected chi connectivity index (χ2v) is 27.4. The SMILES string of the molecule is CC/C=C\C/C=C\C/C=C\C/C=C\CCCCC(=O)OCC(COP(=O)(O)OCC(O)COP(=O)(O)OCC(COC(=O)CCCCCCC/C=C\C/C=C\C/C=C\CC)OC(=O)CCCCCCCCCCCCC)OC(=O)CCCCCCC/C=C\C/C=C\CCCCC. The minimum absolute atomic E-state index is 0.0686. The van der Waals surface area contributed by atoms with E-state index in [1.165, 1.54) is 57.8 Å². The Balaban J connectivity index is 5.38. The summed E-state index contributed by atoms with van der Waals surface area (Å²) in [5.74, 6) is -2.25. The second-order valence-electron chi connectivity index (χ2n) is 24.5. The van der Waals surface area contributed by atoms with Gasteiger partial charge in [0, 0.05) is 25.7 Å². The zero-order valence-corrected chi connectivity index (χ0v) is 61.8. The van der Waals surface area contributed by atoms with E-state index in [9.17, 15) is 43.2 Å². The number of esters is 4. The summed E-state index contributed by atoms with van der Waals surface area (Å²) >= 11 is 0. The average Bonchev–Trinajstić information content (AvgIpc) is 1.09. The van der Waals surface area contributed by atoms with E-state index >= 15 is 0 Å². The molecule has 0 amide bonds. The number of ether oxygens (including phenoxy) is 4. The van der Waals surface area contributed by atoms with Gasteiger partial charge in [0.1, 0.15) is 19.3 Å². The van der Waals surface area contributed by atoms with Crippen molar-refractivity contribution in [1.29, 1.82) is 0 Å². The highest BCUT2D eigenvalue weighted by molar-refractivity contribution is 7.47. The first-order valence-electron chi connectivity index (χ1n) is 37.1. The number of carbonyl (C=O) groups is 4. The number of hydrogen-bond acceptors (Lipinski definition) is 15. The molecule has 0 aromatic heterocycles. The Morgan fingerprint density at radius 2 is 0.542 bits per heavy atom. The summed E-state index contributed by atoms with van der Waals surface area (Å²) in [6, 6.07) is 0. The fourth-order valence-corrected chi connectivity index (χ4v) is 11.2. The summed E-state index contributed by atoms with van der Waals surface area (Å²) in [5, 5.41) is 10.6. The zero-order valence-electron chi connectivity index (χ0n) is 60.0. The molecule has 5 unspecified atom stereocenters. The maximum absolute atomic E-state index is 13.1. The third-order valence-corrected chi connectivity index (χ3v) is 17.1. The van der Waals surface area contributed by atoms with Gasteiger partial charge in [0.2, 0.25) is 0 Å². The molecule has 0 saturated carbocycles. The van der Waals surface area contributed by atoms with E-state index in [-0.39, 0.29) is 25.7 Å². The van der Waals surface area contributed by atoms with Gasteiger partial charge >= 0.3 is 39.5 Å². The molecule has 0 aromatic carbocycles. The predicted molar refractivity (Wildman–Crippen MR) is 390 cm³/mol. The summed E-state index contributed by atoms with van der Waals surface area (Å²) in [5.41, 5.74) is 0. The summed E-state index contributed by atoms with van der Waals surface area (Å²) in [7, 11) is -9.96. The van der Waals surface area contributed by atoms with E-state index in [4.69, 9.17) is 37.0 Å². The first kappa shape index (κ1) is 91.7. The monoisotopic (exact) mass is 1390 g/mol. The fraction of sp³-hybridized carbons (Fsp3) is 0.714. The molecule has 17 nitrogen and oxygen atoms in total. The second kappa shape index (κ2) is 69.2. The molecule has 0 spiro atoms. The van der Waals surface area contributed by atoms with Gasteiger partial charge in [-0.2, -0.15) is 0 Å². The van der Waals surface area contributed by atoms with Gasteiger partial charge < -0.3 is 33.8 Å². The molecule has 0 fully saturated rings. The average molecular weight is 1390 g/mol. The first-order valence-corrected chi connectivity index (χ1v) is 40.1. The number of rotatable bonds is 69. The summed E-state index contributed by atoms with van der Waals surface area (Å²) in [4.78, 5) is 72.7. The van der Waals surface area contributed by atoms with Crippen LogP contribution in [0.5, 0.6) is 0 Å². The minimum atomic E-state index is -4.98. The van der Waals surface area contributed by atoms with E-state index in [0.717, 1.165) is 161 Å². The Hall–Kier alpha value is -4.28. The van der Waals surface area contributed by atoms with Gasteiger partial charge in [0.15, 0.2) is 12.2 Å². The lowest BCUT2D eigenvalue weighted by Crippen LogP contribution is -2.30. The highest BCUT2D eigenvalue weighted by atomic mass is 31.2. The van der Waals surface area contributed by atoms with Crippen LogP contribution in [-0.4, -0.2) is 96.7 Å². The standard InChI is InChI=1S/C77H132O17P2/c1-5-9-13-17-21-25-29-32-35-38-42-45-49-53-57-61-74(79)87-67-72(93-76(81)63-59-55-51-47-41-28-24-20-16-12-8-4)69-91-95(83,84)89-65-71(78)66-90-96(85,86)92-70-73(94-77(82)64-60-56-52-48-44-40-37-34-31-27-23-19-15-11-7-3)68-88-75(80)62-58-54-50-46-43-39-36-33-30-26-22-18-14-10-6-2/h9-10,13-14,21-23,25-27,32-37,43,46,71-73,78H,5-8,11-12,15-20,24,28-31,38-42,44-45,47-70H2,1-4H3,(H,83,84)(H,85,86)/b13-9-,14-10-,25-21-,26-22-,27-23-,35-32-,36-33-,37-34-,46-43-. The highest BCUT2D eigenvalue weighted by Crippen LogP contribution is 2.45. The Morgan fingerprint density at radius 3 is 0.875 bits per heavy atom. The number of unbranched alkanes of at least 4 members (excludes halogenated alkanes) is 25. The molecular formula is C77H132O17P2. The number of aliphatic hydroxyl groups is 1. The van der Waals surface area contributed by atoms with Crippen LogP contribution in [0, 0.1) is 0 Å². The molecule has 5 atom stereocenters. The number of hydrogen-bond donors (Lipinski definition) is 3. The van der Waals surface area contributed by atoms with Gasteiger partial charge in [-0.05, 0) is 128 Å². The Labute approximate surface area is 581 Å². The topological polar surface area (TPSA) is 237 Å². The minimum Gasteiger partial charge on any atom is -0.462 e. The lowest BCUT2D eigenvalue weighted by atomic mass is 10.1. The molecule has 3 N–H and O–H groups in total. The third-order valence-electron chi connectivity index (χ3n) is 15.2. The molecule has 0 saturated heterocycles. The number of phosphoric acid groups is 2. The maximum Gasteiger partial charge on any atom is 0.472 e. The number of phosphoric ester groups is 2. The molecule has 0 aromatic rings. The maximum atomic E-state index is 13.1. The van der Waals surface area contributed by atoms with Crippen LogP contribution >= 0.6 is 15.6 Å². The third kappa shape index (κ3) is 68.3. The number of allylic oxidation sites excluding steroid dienone is 18. The van der Waals surface area contributed by atoms with Gasteiger partial charge in [-0.25, -0.2) is 9.13 Å². The highest BCUT2D eigenvalue weighted by Gasteiger charge is 2.30. The number of carbonyl (C=O) groups excluding carboxylic acids is 4. The fourth-order valence-electron chi connectivity index (χ4n) is 9.61. The molecular weight excluding hydrogens is 1260 g/mol. The van der Waals surface area contributed by atoms with E-state index in [1.807, 2.05) is 0 Å². The molecule has 0 radical (unpaired) electrons. The largest absolute Gasteiger partial charge is 0.472 e. The van der Waals surface area contributed by atoms with Crippen molar-refractivity contribution in [2.24, 2.45) is 0 Å². The normalized spacial score (nSPS) is 14.6. The van der Waals surface area contributed by atoms with Gasteiger partial charge in [0.05, 0.1) is 26.4 Å². The van der Waals surface area contributed by atoms with E-state index in [0.29, 0.717) is 25.7 Å². The summed E-state index contributed by atoms with van der Waals surface area (Å²) < 4.78 is 68.3. The zero-order chi connectivity index (χ0) is 70.4. The van der Waals surface area contributed by atoms with Crippen LogP contribution in [0.2, 0.25) is 0 Å². The van der Waals surface area contributed by atoms with E-state index in [1.54, 1.807) is 0 Å². The predicted octanol–water partition coefficient (Wildman–Crippen LogP) is 21.0. The van der Waals surface area contributed by atoms with Crippen LogP contribution < -0.4 is 0 Å². The molecule has 96 heavy (non-hydrogen) atoms. The van der Waals surface area contributed by atoms with Crippen molar-refractivity contribution in [2.45, 2.75) is 316 Å². The van der Waals surface area contributed by atoms with Crippen molar-refractivity contribution in [1.82, 2.24) is 0 Å². The van der Waals surface area contributed by atoms with Crippen molar-refractivity contribution in [3.05, 3.63) is 109 Å². The van der Waals surface area contributed by atoms with Crippen molar-refractivity contribution in [2.75, 3.05) is 39.6 Å². The first-order chi connectivity index (χ1) is 46.7. The van der Waals surface area contributed by atoms with Crippen molar-refractivity contribution >= 4 is 39.5 Å². The lowest BCUT2D eigenvalue weighted by Gasteiger charge is -2.21. The van der Waals surface area contributed by atoms with Crippen LogP contribution in [0.25, 0.3) is 0 Å². The van der Waals surface area contributed by atoms with Crippen LogP contribution in [0.1, 0.15) is 297 Å². The van der Waals surface area contributed by atoms with Crippen LogP contribution in [0.4, 0.5) is 0 Å². The lowest BCUT2D eigenvalue weighted by molar-refractivity contribution is -0.161. The Kier molecular flexibility index (Phi) is 66.1. The Morgan fingerprint density at radius 1 is 0.302 bits per heavy atom. The van der Waals surface area contributed by atoms with Crippen LogP contribution in [-0.2, 0) is 65.4 Å². The van der Waals surface area contributed by atoms with E-state index < -0.39 is 97.5 Å². The van der Waals surface area contributed by atoms with Crippen molar-refractivity contribution < 1.29 is 80.2 Å². The Bertz CT molecular complexity index is 2250. The van der Waals surface area contributed by atoms with E-state index in [2.05, 4.69) is 137 Å². The quantitative estimate of drug-likeness (QED) is 0.0169. The van der Waals surface area contributed by atoms with Crippen LogP contribution in [0.15, 0.2) is 109 Å². The molecule has 0 bridgehead atoms. The van der Waals surface area contributed by atoms with Crippen molar-refractivity contribution in [3.8, 4) is 0 Å². The smallest absolute Gasteiger partial charge is 0.462 e. The van der Waals surface area contributed by atoms with Crippen molar-refractivity contribution in [3.63, 3.8) is 0 Å². The van der Waals surface area contributed by atoms with Gasteiger partial charge in [-0.15, -0.1) is 0 Å². The van der Waals surface area contributed by atoms with Gasteiger partial charge in [-0.3, -0.25) is 37.3 Å². The molecule has 0 heterocycles. The molecule has 0 rings (SSSR count). The summed E-state index contributed by atoms with van der Waals surface area (Å²) in [6.45, 7) is 4.53. The molecule has 19 heteroatoms.